The van der Waals surface area contributed by atoms with E-state index in [4.69, 9.17) is 5.11 Å². The third-order valence-electron chi connectivity index (χ3n) is 2.25. The number of benzene rings is 1. The van der Waals surface area contributed by atoms with Gasteiger partial charge in [-0.1, -0.05) is 49.3 Å². The van der Waals surface area contributed by atoms with Crippen molar-refractivity contribution in [2.24, 2.45) is 0 Å². The minimum Gasteiger partial charge on any atom is -0.391 e. The number of alkyl halides is 3. The van der Waals surface area contributed by atoms with Gasteiger partial charge < -0.3 is 9.63 Å². The number of nitrogens with zero attached hydrogens (tertiary/aromatic N) is 1. The molecular weight excluding hydrogens is 259 g/mol. The van der Waals surface area contributed by atoms with Crippen molar-refractivity contribution in [3.8, 4) is 11.3 Å². The lowest BCUT2D eigenvalue weighted by molar-refractivity contribution is -0.156. The van der Waals surface area contributed by atoms with Gasteiger partial charge in [-0.15, -0.1) is 0 Å². The topological polar surface area (TPSA) is 46.3 Å². The van der Waals surface area contributed by atoms with Gasteiger partial charge in [0.2, 0.25) is 5.76 Å². The quantitative estimate of drug-likeness (QED) is 0.903. The molecule has 1 aromatic heterocycles. The molecule has 1 N–H and O–H groups in total. The Balaban J connectivity index is 0.000000861. The Morgan fingerprint density at radius 1 is 1.16 bits per heavy atom. The van der Waals surface area contributed by atoms with Gasteiger partial charge in [0.25, 0.3) is 0 Å². The first-order valence-electron chi connectivity index (χ1n) is 5.76. The molecule has 0 amide bonds. The molecule has 0 fully saturated rings. The van der Waals surface area contributed by atoms with E-state index in [9.17, 15) is 13.2 Å². The van der Waals surface area contributed by atoms with Crippen molar-refractivity contribution >= 4 is 0 Å². The summed E-state index contributed by atoms with van der Waals surface area (Å²) in [6.45, 7) is 3.22. The molecule has 2 rings (SSSR count). The maximum absolute atomic E-state index is 12.5. The van der Waals surface area contributed by atoms with Crippen LogP contribution in [-0.2, 0) is 12.8 Å². The fraction of sp³-hybridized carbons (Fsp3) is 0.308. The van der Waals surface area contributed by atoms with Gasteiger partial charge in [-0.3, -0.25) is 0 Å². The van der Waals surface area contributed by atoms with Gasteiger partial charge in [0.1, 0.15) is 5.69 Å². The van der Waals surface area contributed by atoms with Crippen molar-refractivity contribution in [1.29, 1.82) is 0 Å². The van der Waals surface area contributed by atoms with Gasteiger partial charge in [-0.25, -0.2) is 0 Å². The number of halogens is 3. The van der Waals surface area contributed by atoms with Crippen LogP contribution in [0.5, 0.6) is 0 Å². The highest BCUT2D eigenvalue weighted by atomic mass is 19.4. The number of aliphatic hydroxyl groups is 1. The Labute approximate surface area is 108 Å². The summed E-state index contributed by atoms with van der Waals surface area (Å²) in [7, 11) is 0. The molecule has 0 saturated carbocycles. The molecule has 0 aliphatic carbocycles. The van der Waals surface area contributed by atoms with Crippen LogP contribution >= 0.6 is 0 Å². The average molecular weight is 273 g/mol. The second-order valence-corrected chi connectivity index (χ2v) is 3.36. The van der Waals surface area contributed by atoms with Crippen molar-refractivity contribution in [3.05, 3.63) is 41.7 Å². The van der Waals surface area contributed by atoms with Crippen molar-refractivity contribution in [2.75, 3.05) is 0 Å². The monoisotopic (exact) mass is 273 g/mol. The van der Waals surface area contributed by atoms with Crippen LogP contribution in [-0.4, -0.2) is 10.3 Å². The van der Waals surface area contributed by atoms with Gasteiger partial charge in [0, 0.05) is 5.56 Å². The molecule has 104 valence electrons. The highest BCUT2D eigenvalue weighted by Gasteiger charge is 2.40. The molecule has 6 heteroatoms. The standard InChI is InChI=1S/C11H8F3NO2.C2H6/c12-11(13,14)10-8(6-16)9(15-17-10)7-4-2-1-3-5-7;1-2/h1-5,16H,6H2;1-2H3. The molecule has 3 nitrogen and oxygen atoms in total. The molecule has 19 heavy (non-hydrogen) atoms. The van der Waals surface area contributed by atoms with Crippen LogP contribution < -0.4 is 0 Å². The summed E-state index contributed by atoms with van der Waals surface area (Å²) in [4.78, 5) is 0. The lowest BCUT2D eigenvalue weighted by atomic mass is 10.1. The summed E-state index contributed by atoms with van der Waals surface area (Å²) in [6.07, 6.45) is -4.65. The van der Waals surface area contributed by atoms with E-state index in [0.29, 0.717) is 5.56 Å². The van der Waals surface area contributed by atoms with Crippen LogP contribution in [0.2, 0.25) is 0 Å². The van der Waals surface area contributed by atoms with Crippen molar-refractivity contribution < 1.29 is 22.8 Å². The summed E-state index contributed by atoms with van der Waals surface area (Å²) < 4.78 is 41.8. The molecule has 0 aliphatic heterocycles. The van der Waals surface area contributed by atoms with E-state index in [2.05, 4.69) is 9.68 Å². The molecule has 0 unspecified atom stereocenters. The fourth-order valence-electron chi connectivity index (χ4n) is 1.50. The van der Waals surface area contributed by atoms with Crippen molar-refractivity contribution in [3.63, 3.8) is 0 Å². The summed E-state index contributed by atoms with van der Waals surface area (Å²) in [5.74, 6) is -1.25. The zero-order chi connectivity index (χ0) is 14.5. The Morgan fingerprint density at radius 3 is 2.21 bits per heavy atom. The summed E-state index contributed by atoms with van der Waals surface area (Å²) in [5, 5.41) is 12.4. The predicted octanol–water partition coefficient (Wildman–Crippen LogP) is 3.88. The van der Waals surface area contributed by atoms with E-state index in [1.54, 1.807) is 30.3 Å². The second-order valence-electron chi connectivity index (χ2n) is 3.36. The number of hydrogen-bond donors (Lipinski definition) is 1. The SMILES string of the molecule is CC.OCc1c(-c2ccccc2)noc1C(F)(F)F. The molecule has 0 aliphatic rings. The first-order valence-corrected chi connectivity index (χ1v) is 5.76. The molecule has 0 saturated heterocycles. The number of aromatic nitrogens is 1. The van der Waals surface area contributed by atoms with E-state index >= 15 is 0 Å². The van der Waals surface area contributed by atoms with E-state index in [0.717, 1.165) is 0 Å². The van der Waals surface area contributed by atoms with Gasteiger partial charge >= 0.3 is 6.18 Å². The molecule has 2 aromatic rings. The summed E-state index contributed by atoms with van der Waals surface area (Å²) in [6, 6.07) is 8.25. The van der Waals surface area contributed by atoms with Crippen LogP contribution in [0.3, 0.4) is 0 Å². The first kappa shape index (κ1) is 15.2. The maximum Gasteiger partial charge on any atom is 0.452 e. The number of hydrogen-bond acceptors (Lipinski definition) is 3. The molecule has 0 atom stereocenters. The zero-order valence-corrected chi connectivity index (χ0v) is 10.5. The molecule has 0 bridgehead atoms. The highest BCUT2D eigenvalue weighted by molar-refractivity contribution is 5.63. The molecular formula is C13H14F3NO2. The lowest BCUT2D eigenvalue weighted by Crippen LogP contribution is -2.07. The third-order valence-corrected chi connectivity index (χ3v) is 2.25. The Hall–Kier alpha value is -1.82. The van der Waals surface area contributed by atoms with Crippen molar-refractivity contribution in [1.82, 2.24) is 5.16 Å². The highest BCUT2D eigenvalue weighted by Crippen LogP contribution is 2.36. The van der Waals surface area contributed by atoms with Crippen LogP contribution in [0.25, 0.3) is 11.3 Å². The normalized spacial score (nSPS) is 10.8. The maximum atomic E-state index is 12.5. The van der Waals surface area contributed by atoms with Gasteiger partial charge in [-0.2, -0.15) is 13.2 Å². The predicted molar refractivity (Wildman–Crippen MR) is 64.2 cm³/mol. The third kappa shape index (κ3) is 3.35. The van der Waals surface area contributed by atoms with Crippen molar-refractivity contribution in [2.45, 2.75) is 26.6 Å². The summed E-state index contributed by atoms with van der Waals surface area (Å²) in [5.41, 5.74) is 0.139. The van der Waals surface area contributed by atoms with Crippen LogP contribution in [0.4, 0.5) is 13.2 Å². The minimum absolute atomic E-state index is 0.0143. The molecule has 0 spiro atoms. The van der Waals surface area contributed by atoms with Gasteiger partial charge in [0.15, 0.2) is 0 Å². The summed E-state index contributed by atoms with van der Waals surface area (Å²) >= 11 is 0. The fourth-order valence-corrected chi connectivity index (χ4v) is 1.50. The Bertz CT molecular complexity index is 506. The van der Waals surface area contributed by atoms with Gasteiger partial charge in [-0.05, 0) is 0 Å². The molecule has 1 heterocycles. The second kappa shape index (κ2) is 6.38. The molecule has 0 radical (unpaired) electrons. The minimum atomic E-state index is -4.65. The van der Waals surface area contributed by atoms with E-state index in [1.807, 2.05) is 13.8 Å². The zero-order valence-electron chi connectivity index (χ0n) is 10.5. The van der Waals surface area contributed by atoms with Gasteiger partial charge in [0.05, 0.1) is 12.2 Å². The lowest BCUT2D eigenvalue weighted by Gasteiger charge is -2.03. The largest absolute Gasteiger partial charge is 0.452 e. The van der Waals surface area contributed by atoms with E-state index < -0.39 is 18.5 Å². The smallest absolute Gasteiger partial charge is 0.391 e. The Kier molecular flexibility index (Phi) is 5.11. The first-order chi connectivity index (χ1) is 9.04. The number of rotatable bonds is 2. The van der Waals surface area contributed by atoms with E-state index in [1.165, 1.54) is 0 Å². The average Bonchev–Trinajstić information content (AvgIpc) is 2.85. The van der Waals surface area contributed by atoms with Crippen LogP contribution in [0.1, 0.15) is 25.2 Å². The number of aliphatic hydroxyl groups excluding tert-OH is 1. The molecule has 1 aromatic carbocycles. The Morgan fingerprint density at radius 2 is 1.74 bits per heavy atom. The van der Waals surface area contributed by atoms with E-state index in [-0.39, 0.29) is 11.3 Å². The van der Waals surface area contributed by atoms with Crippen LogP contribution in [0, 0.1) is 0 Å². The van der Waals surface area contributed by atoms with Crippen LogP contribution in [0.15, 0.2) is 34.9 Å².